The topological polar surface area (TPSA) is 77.6 Å². The molecular formula is C23H27N5O2. The highest BCUT2D eigenvalue weighted by molar-refractivity contribution is 6.04. The molecule has 1 aliphatic carbocycles. The summed E-state index contributed by atoms with van der Waals surface area (Å²) < 4.78 is 0. The number of benzene rings is 1. The molecule has 1 fully saturated rings. The van der Waals surface area contributed by atoms with Crippen LogP contribution < -0.4 is 20.4 Å². The van der Waals surface area contributed by atoms with Gasteiger partial charge in [0.05, 0.1) is 17.8 Å². The summed E-state index contributed by atoms with van der Waals surface area (Å²) in [4.78, 5) is 33.7. The molecule has 2 amide bonds. The predicted molar refractivity (Wildman–Crippen MR) is 117 cm³/mol. The molecule has 1 saturated carbocycles. The van der Waals surface area contributed by atoms with Gasteiger partial charge in [-0.3, -0.25) is 9.59 Å². The number of nitrogens with one attached hydrogen (secondary N) is 2. The van der Waals surface area contributed by atoms with Crippen LogP contribution in [0.4, 0.5) is 17.2 Å². The maximum atomic E-state index is 12.7. The minimum Gasteiger partial charge on any atom is -0.370 e. The van der Waals surface area contributed by atoms with Crippen molar-refractivity contribution < 1.29 is 9.59 Å². The van der Waals surface area contributed by atoms with Crippen LogP contribution in [0.3, 0.4) is 0 Å². The standard InChI is InChI=1S/C23H27N5O2/c29-21-14-26-22-20(28(21)15-16-7-8-16)12-18(13-25-22)23(30)24-9-11-27-10-3-5-17-4-1-2-6-19(17)27/h1-2,4,6,12-13,16H,3,5,7-11,14-15H2,(H,24,30)(H,25,26). The predicted octanol–water partition coefficient (Wildman–Crippen LogP) is 2.43. The van der Waals surface area contributed by atoms with Gasteiger partial charge in [0, 0.05) is 38.1 Å². The average molecular weight is 406 g/mol. The first kappa shape index (κ1) is 18.9. The van der Waals surface area contributed by atoms with Crippen molar-refractivity contribution >= 4 is 29.0 Å². The van der Waals surface area contributed by atoms with Gasteiger partial charge in [-0.2, -0.15) is 0 Å². The van der Waals surface area contributed by atoms with Gasteiger partial charge in [0.15, 0.2) is 0 Å². The summed E-state index contributed by atoms with van der Waals surface area (Å²) in [5.41, 5.74) is 3.86. The lowest BCUT2D eigenvalue weighted by Crippen LogP contribution is -2.42. The van der Waals surface area contributed by atoms with E-state index < -0.39 is 0 Å². The van der Waals surface area contributed by atoms with E-state index in [9.17, 15) is 9.59 Å². The van der Waals surface area contributed by atoms with Crippen LogP contribution in [0.25, 0.3) is 0 Å². The normalized spacial score (nSPS) is 17.8. The van der Waals surface area contributed by atoms with E-state index >= 15 is 0 Å². The highest BCUT2D eigenvalue weighted by Crippen LogP contribution is 2.35. The average Bonchev–Trinajstić information content (AvgIpc) is 3.60. The Kier molecular flexibility index (Phi) is 5.02. The molecule has 7 heteroatoms. The summed E-state index contributed by atoms with van der Waals surface area (Å²) in [5.74, 6) is 1.14. The molecule has 156 valence electrons. The van der Waals surface area contributed by atoms with Crippen LogP contribution >= 0.6 is 0 Å². The van der Waals surface area contributed by atoms with E-state index in [1.165, 1.54) is 24.1 Å². The lowest BCUT2D eigenvalue weighted by atomic mass is 10.0. The number of rotatable bonds is 6. The van der Waals surface area contributed by atoms with Crippen LogP contribution in [0.15, 0.2) is 36.5 Å². The van der Waals surface area contributed by atoms with Gasteiger partial charge in [-0.15, -0.1) is 0 Å². The number of carbonyl (C=O) groups is 2. The SMILES string of the molecule is O=C(NCCN1CCCc2ccccc21)c1cnc2c(c1)N(CC1CC1)C(=O)CN2. The summed E-state index contributed by atoms with van der Waals surface area (Å²) in [6.07, 6.45) is 6.17. The van der Waals surface area contributed by atoms with Crippen LogP contribution in [0.5, 0.6) is 0 Å². The van der Waals surface area contributed by atoms with Gasteiger partial charge in [-0.1, -0.05) is 18.2 Å². The van der Waals surface area contributed by atoms with Crippen LogP contribution in [-0.4, -0.2) is 49.5 Å². The number of hydrogen-bond acceptors (Lipinski definition) is 5. The van der Waals surface area contributed by atoms with Crippen molar-refractivity contribution in [3.63, 3.8) is 0 Å². The summed E-state index contributed by atoms with van der Waals surface area (Å²) in [6.45, 7) is 3.32. The molecule has 0 bridgehead atoms. The number of anilines is 3. The monoisotopic (exact) mass is 405 g/mol. The lowest BCUT2D eigenvalue weighted by molar-refractivity contribution is -0.117. The third-order valence-electron chi connectivity index (χ3n) is 6.14. The molecule has 3 aliphatic rings. The van der Waals surface area contributed by atoms with Crippen molar-refractivity contribution in [2.24, 2.45) is 5.92 Å². The summed E-state index contributed by atoms with van der Waals surface area (Å²) in [7, 11) is 0. The molecule has 7 nitrogen and oxygen atoms in total. The maximum Gasteiger partial charge on any atom is 0.252 e. The smallest absolute Gasteiger partial charge is 0.252 e. The summed E-state index contributed by atoms with van der Waals surface area (Å²) in [5, 5.41) is 6.08. The van der Waals surface area contributed by atoms with Crippen molar-refractivity contribution in [1.82, 2.24) is 10.3 Å². The van der Waals surface area contributed by atoms with E-state index in [2.05, 4.69) is 44.8 Å². The van der Waals surface area contributed by atoms with Crippen molar-refractivity contribution in [3.05, 3.63) is 47.7 Å². The lowest BCUT2D eigenvalue weighted by Gasteiger charge is -2.31. The van der Waals surface area contributed by atoms with E-state index in [0.29, 0.717) is 30.4 Å². The molecule has 2 N–H and O–H groups in total. The number of aromatic nitrogens is 1. The molecule has 2 aliphatic heterocycles. The fourth-order valence-electron chi connectivity index (χ4n) is 4.32. The van der Waals surface area contributed by atoms with Gasteiger partial charge in [-0.05, 0) is 49.3 Å². The van der Waals surface area contributed by atoms with Gasteiger partial charge >= 0.3 is 0 Å². The van der Waals surface area contributed by atoms with E-state index in [4.69, 9.17) is 0 Å². The van der Waals surface area contributed by atoms with E-state index in [0.717, 1.165) is 31.6 Å². The zero-order valence-electron chi connectivity index (χ0n) is 17.1. The van der Waals surface area contributed by atoms with Crippen molar-refractivity contribution in [2.75, 3.05) is 47.8 Å². The Hall–Kier alpha value is -3.09. The third-order valence-corrected chi connectivity index (χ3v) is 6.14. The summed E-state index contributed by atoms with van der Waals surface area (Å²) in [6, 6.07) is 10.3. The van der Waals surface area contributed by atoms with Gasteiger partial charge in [0.2, 0.25) is 5.91 Å². The highest BCUT2D eigenvalue weighted by Gasteiger charge is 2.32. The molecule has 0 spiro atoms. The Morgan fingerprint density at radius 1 is 1.23 bits per heavy atom. The number of para-hydroxylation sites is 1. The van der Waals surface area contributed by atoms with Crippen LogP contribution in [-0.2, 0) is 11.2 Å². The molecule has 3 heterocycles. The van der Waals surface area contributed by atoms with Gasteiger partial charge in [-0.25, -0.2) is 4.98 Å². The van der Waals surface area contributed by atoms with Crippen LogP contribution in [0, 0.1) is 5.92 Å². The molecule has 5 rings (SSSR count). The molecule has 0 saturated heterocycles. The Morgan fingerprint density at radius 2 is 2.10 bits per heavy atom. The quantitative estimate of drug-likeness (QED) is 0.772. The fraction of sp³-hybridized carbons (Fsp3) is 0.435. The number of amides is 2. The van der Waals surface area contributed by atoms with Gasteiger partial charge in [0.1, 0.15) is 5.82 Å². The molecule has 30 heavy (non-hydrogen) atoms. The highest BCUT2D eigenvalue weighted by atomic mass is 16.2. The third kappa shape index (κ3) is 3.84. The Balaban J connectivity index is 1.24. The number of fused-ring (bicyclic) bond motifs is 2. The minimum absolute atomic E-state index is 0.0394. The first-order chi connectivity index (χ1) is 14.7. The Bertz CT molecular complexity index is 972. The number of hydrogen-bond donors (Lipinski definition) is 2. The van der Waals surface area contributed by atoms with E-state index in [1.54, 1.807) is 17.2 Å². The first-order valence-corrected chi connectivity index (χ1v) is 10.8. The fourth-order valence-corrected chi connectivity index (χ4v) is 4.32. The summed E-state index contributed by atoms with van der Waals surface area (Å²) >= 11 is 0. The number of carbonyl (C=O) groups excluding carboxylic acids is 2. The van der Waals surface area contributed by atoms with E-state index in [1.807, 2.05) is 0 Å². The molecule has 0 unspecified atom stereocenters. The molecule has 0 atom stereocenters. The number of nitrogens with zero attached hydrogens (tertiary/aromatic N) is 3. The number of aryl methyl sites for hydroxylation is 1. The Labute approximate surface area is 176 Å². The first-order valence-electron chi connectivity index (χ1n) is 10.8. The maximum absolute atomic E-state index is 12.7. The largest absolute Gasteiger partial charge is 0.370 e. The van der Waals surface area contributed by atoms with Gasteiger partial charge < -0.3 is 20.4 Å². The zero-order chi connectivity index (χ0) is 20.5. The van der Waals surface area contributed by atoms with Crippen molar-refractivity contribution in [2.45, 2.75) is 25.7 Å². The van der Waals surface area contributed by atoms with E-state index in [-0.39, 0.29) is 18.4 Å². The van der Waals surface area contributed by atoms with Gasteiger partial charge in [0.25, 0.3) is 5.91 Å². The van der Waals surface area contributed by atoms with Crippen molar-refractivity contribution in [3.8, 4) is 0 Å². The zero-order valence-corrected chi connectivity index (χ0v) is 17.1. The minimum atomic E-state index is -0.153. The Morgan fingerprint density at radius 3 is 2.97 bits per heavy atom. The molecule has 2 aromatic rings. The molecule has 0 radical (unpaired) electrons. The second-order valence-corrected chi connectivity index (χ2v) is 8.37. The second-order valence-electron chi connectivity index (χ2n) is 8.37. The van der Waals surface area contributed by atoms with Crippen LogP contribution in [0.2, 0.25) is 0 Å². The number of pyridine rings is 1. The van der Waals surface area contributed by atoms with Crippen molar-refractivity contribution in [1.29, 1.82) is 0 Å². The molecule has 1 aromatic heterocycles. The second kappa shape index (κ2) is 7.97. The molecule has 1 aromatic carbocycles. The van der Waals surface area contributed by atoms with Crippen LogP contribution in [0.1, 0.15) is 35.2 Å². The molecular weight excluding hydrogens is 378 g/mol.